The number of carbonyl (C=O) groups is 1. The van der Waals surface area contributed by atoms with Crippen LogP contribution in [0.4, 0.5) is 11.6 Å². The van der Waals surface area contributed by atoms with Crippen LogP contribution in [0.3, 0.4) is 0 Å². The highest BCUT2D eigenvalue weighted by atomic mass is 16.1. The average Bonchev–Trinajstić information content (AvgIpc) is 2.48. The van der Waals surface area contributed by atoms with Crippen molar-refractivity contribution in [2.75, 3.05) is 23.4 Å². The van der Waals surface area contributed by atoms with Crippen LogP contribution in [0.25, 0.3) is 0 Å². The Morgan fingerprint density at radius 3 is 2.57 bits per heavy atom. The normalized spacial score (nSPS) is 15.9. The fourth-order valence-corrected chi connectivity index (χ4v) is 2.68. The standard InChI is InChI=1S/C14H24N6O/c1-4-12-17-13(19-15)9(2)14(18-12)20-7-5-11(6-8-20)16-10(3)21/h11H,4-8,15H2,1-3H3,(H,16,21)(H,17,18,19). The van der Waals surface area contributed by atoms with Gasteiger partial charge < -0.3 is 15.6 Å². The average molecular weight is 292 g/mol. The molecule has 0 atom stereocenters. The molecule has 1 aromatic rings. The van der Waals surface area contributed by atoms with Gasteiger partial charge in [-0.05, 0) is 19.8 Å². The van der Waals surface area contributed by atoms with Gasteiger partial charge in [0.15, 0.2) is 0 Å². The quantitative estimate of drug-likeness (QED) is 0.559. The molecule has 1 fully saturated rings. The lowest BCUT2D eigenvalue weighted by molar-refractivity contribution is -0.119. The molecule has 2 heterocycles. The van der Waals surface area contributed by atoms with Crippen LogP contribution in [0.1, 0.15) is 38.1 Å². The van der Waals surface area contributed by atoms with E-state index in [2.05, 4.69) is 25.6 Å². The lowest BCUT2D eigenvalue weighted by atomic mass is 10.0. The number of nitrogen functional groups attached to an aromatic ring is 1. The van der Waals surface area contributed by atoms with Crippen molar-refractivity contribution in [1.29, 1.82) is 0 Å². The van der Waals surface area contributed by atoms with Gasteiger partial charge in [0, 0.05) is 38.0 Å². The van der Waals surface area contributed by atoms with Gasteiger partial charge in [-0.25, -0.2) is 15.8 Å². The Hall–Kier alpha value is -1.89. The Labute approximate surface area is 125 Å². The van der Waals surface area contributed by atoms with Gasteiger partial charge in [-0.1, -0.05) is 6.92 Å². The number of hydrogen-bond donors (Lipinski definition) is 3. The van der Waals surface area contributed by atoms with E-state index in [0.29, 0.717) is 5.82 Å². The predicted octanol–water partition coefficient (Wildman–Crippen LogP) is 0.738. The van der Waals surface area contributed by atoms with Crippen LogP contribution in [0.15, 0.2) is 0 Å². The van der Waals surface area contributed by atoms with Crippen LogP contribution < -0.4 is 21.5 Å². The Morgan fingerprint density at radius 2 is 2.05 bits per heavy atom. The summed E-state index contributed by atoms with van der Waals surface area (Å²) in [5.74, 6) is 7.99. The highest BCUT2D eigenvalue weighted by molar-refractivity contribution is 5.73. The second-order valence-corrected chi connectivity index (χ2v) is 5.40. The number of hydrazine groups is 1. The zero-order chi connectivity index (χ0) is 15.4. The number of rotatable bonds is 4. The van der Waals surface area contributed by atoms with E-state index in [1.807, 2.05) is 13.8 Å². The fourth-order valence-electron chi connectivity index (χ4n) is 2.68. The third-order valence-electron chi connectivity index (χ3n) is 3.82. The Morgan fingerprint density at radius 1 is 1.38 bits per heavy atom. The fraction of sp³-hybridized carbons (Fsp3) is 0.643. The van der Waals surface area contributed by atoms with E-state index < -0.39 is 0 Å². The zero-order valence-corrected chi connectivity index (χ0v) is 12.9. The van der Waals surface area contributed by atoms with E-state index in [0.717, 1.165) is 49.6 Å². The third-order valence-corrected chi connectivity index (χ3v) is 3.82. The molecule has 7 heteroatoms. The lowest BCUT2D eigenvalue weighted by Gasteiger charge is -2.34. The minimum absolute atomic E-state index is 0.0366. The summed E-state index contributed by atoms with van der Waals surface area (Å²) in [4.78, 5) is 22.4. The predicted molar refractivity (Wildman–Crippen MR) is 83.0 cm³/mol. The molecule has 0 aromatic carbocycles. The molecule has 1 aliphatic heterocycles. The number of carbonyl (C=O) groups excluding carboxylic acids is 1. The SMILES string of the molecule is CCc1nc(NN)c(C)c(N2CCC(NC(C)=O)CC2)n1. The van der Waals surface area contributed by atoms with Gasteiger partial charge in [-0.15, -0.1) is 0 Å². The molecule has 0 bridgehead atoms. The maximum absolute atomic E-state index is 11.1. The van der Waals surface area contributed by atoms with E-state index in [9.17, 15) is 4.79 Å². The number of nitrogens with zero attached hydrogens (tertiary/aromatic N) is 3. The first-order chi connectivity index (χ1) is 10.0. The molecule has 0 unspecified atom stereocenters. The third kappa shape index (κ3) is 3.60. The van der Waals surface area contributed by atoms with Gasteiger partial charge in [0.25, 0.3) is 0 Å². The molecule has 1 aliphatic rings. The van der Waals surface area contributed by atoms with Crippen molar-refractivity contribution in [3.8, 4) is 0 Å². The van der Waals surface area contributed by atoms with Crippen LogP contribution in [0, 0.1) is 6.92 Å². The number of aromatic nitrogens is 2. The van der Waals surface area contributed by atoms with Gasteiger partial charge in [-0.3, -0.25) is 4.79 Å². The molecule has 1 saturated heterocycles. The second kappa shape index (κ2) is 6.71. The van der Waals surface area contributed by atoms with Crippen LogP contribution in [-0.2, 0) is 11.2 Å². The second-order valence-electron chi connectivity index (χ2n) is 5.40. The first kappa shape index (κ1) is 15.5. The van der Waals surface area contributed by atoms with Crippen LogP contribution in [-0.4, -0.2) is 35.0 Å². The van der Waals surface area contributed by atoms with Gasteiger partial charge in [0.1, 0.15) is 17.5 Å². The topological polar surface area (TPSA) is 96.2 Å². The highest BCUT2D eigenvalue weighted by Crippen LogP contribution is 2.26. The van der Waals surface area contributed by atoms with Crippen LogP contribution >= 0.6 is 0 Å². The minimum Gasteiger partial charge on any atom is -0.356 e. The summed E-state index contributed by atoms with van der Waals surface area (Å²) in [5, 5.41) is 2.98. The molecule has 7 nitrogen and oxygen atoms in total. The molecule has 0 saturated carbocycles. The molecule has 0 radical (unpaired) electrons. The van der Waals surface area contributed by atoms with Gasteiger partial charge in [-0.2, -0.15) is 0 Å². The number of amides is 1. The van der Waals surface area contributed by atoms with Crippen LogP contribution in [0.5, 0.6) is 0 Å². The van der Waals surface area contributed by atoms with Crippen molar-refractivity contribution in [3.05, 3.63) is 11.4 Å². The van der Waals surface area contributed by atoms with Gasteiger partial charge in [0.05, 0.1) is 0 Å². The van der Waals surface area contributed by atoms with Gasteiger partial charge in [0.2, 0.25) is 5.91 Å². The molecular formula is C14H24N6O. The Bertz CT molecular complexity index is 510. The molecule has 116 valence electrons. The minimum atomic E-state index is 0.0366. The van der Waals surface area contributed by atoms with Gasteiger partial charge >= 0.3 is 0 Å². The summed E-state index contributed by atoms with van der Waals surface area (Å²) in [6, 6.07) is 0.263. The molecule has 4 N–H and O–H groups in total. The molecule has 2 rings (SSSR count). The van der Waals surface area contributed by atoms with E-state index in [1.165, 1.54) is 0 Å². The van der Waals surface area contributed by atoms with Crippen molar-refractivity contribution in [2.24, 2.45) is 5.84 Å². The van der Waals surface area contributed by atoms with Crippen molar-refractivity contribution in [2.45, 2.75) is 46.1 Å². The summed E-state index contributed by atoms with van der Waals surface area (Å²) in [6.45, 7) is 7.31. The van der Waals surface area contributed by atoms with Crippen molar-refractivity contribution in [3.63, 3.8) is 0 Å². The van der Waals surface area contributed by atoms with E-state index in [4.69, 9.17) is 5.84 Å². The monoisotopic (exact) mass is 292 g/mol. The first-order valence-electron chi connectivity index (χ1n) is 7.41. The molecular weight excluding hydrogens is 268 g/mol. The summed E-state index contributed by atoms with van der Waals surface area (Å²) in [7, 11) is 0. The molecule has 0 spiro atoms. The van der Waals surface area contributed by atoms with Crippen molar-refractivity contribution < 1.29 is 4.79 Å². The van der Waals surface area contributed by atoms with E-state index >= 15 is 0 Å². The Kier molecular flexibility index (Phi) is 4.95. The maximum Gasteiger partial charge on any atom is 0.217 e. The summed E-state index contributed by atoms with van der Waals surface area (Å²) in [6.07, 6.45) is 2.62. The van der Waals surface area contributed by atoms with Crippen molar-refractivity contribution in [1.82, 2.24) is 15.3 Å². The van der Waals surface area contributed by atoms with Crippen LogP contribution in [0.2, 0.25) is 0 Å². The summed E-state index contributed by atoms with van der Waals surface area (Å²) in [5.41, 5.74) is 3.61. The number of aryl methyl sites for hydroxylation is 1. The number of piperidine rings is 1. The smallest absolute Gasteiger partial charge is 0.217 e. The highest BCUT2D eigenvalue weighted by Gasteiger charge is 2.23. The number of hydrogen-bond acceptors (Lipinski definition) is 6. The molecule has 1 aromatic heterocycles. The molecule has 21 heavy (non-hydrogen) atoms. The molecule has 0 aliphatic carbocycles. The van der Waals surface area contributed by atoms with E-state index in [-0.39, 0.29) is 11.9 Å². The lowest BCUT2D eigenvalue weighted by Crippen LogP contribution is -2.44. The maximum atomic E-state index is 11.1. The van der Waals surface area contributed by atoms with E-state index in [1.54, 1.807) is 6.92 Å². The Balaban J connectivity index is 2.14. The number of nitrogens with two attached hydrogens (primary N) is 1. The number of anilines is 2. The first-order valence-corrected chi connectivity index (χ1v) is 7.41. The summed E-state index contributed by atoms with van der Waals surface area (Å²) >= 11 is 0. The molecule has 1 amide bonds. The number of nitrogens with one attached hydrogen (secondary N) is 2. The van der Waals surface area contributed by atoms with Crippen molar-refractivity contribution >= 4 is 17.5 Å². The summed E-state index contributed by atoms with van der Waals surface area (Å²) < 4.78 is 0. The largest absolute Gasteiger partial charge is 0.356 e. The zero-order valence-electron chi connectivity index (χ0n) is 12.9.